The number of H-pyrrole nitrogens is 1. The molecule has 0 saturated carbocycles. The van der Waals surface area contributed by atoms with E-state index in [0.29, 0.717) is 11.5 Å². The number of carbonyl (C=O) groups is 1. The summed E-state index contributed by atoms with van der Waals surface area (Å²) in [5.41, 5.74) is 3.85. The third-order valence-electron chi connectivity index (χ3n) is 2.75. The van der Waals surface area contributed by atoms with Gasteiger partial charge < -0.3 is 4.98 Å². The van der Waals surface area contributed by atoms with Crippen molar-refractivity contribution in [2.45, 2.75) is 26.7 Å². The van der Waals surface area contributed by atoms with Gasteiger partial charge in [0.25, 0.3) is 0 Å². The van der Waals surface area contributed by atoms with Gasteiger partial charge in [0.15, 0.2) is 0 Å². The number of hydrogen-bond acceptors (Lipinski definition) is 2. The minimum Gasteiger partial charge on any atom is -0.345 e. The van der Waals surface area contributed by atoms with Gasteiger partial charge >= 0.3 is 0 Å². The molecule has 2 rings (SSSR count). The van der Waals surface area contributed by atoms with Crippen LogP contribution in [0.1, 0.15) is 41.6 Å². The third kappa shape index (κ3) is 2.28. The van der Waals surface area contributed by atoms with Crippen LogP contribution in [-0.4, -0.2) is 16.3 Å². The van der Waals surface area contributed by atoms with E-state index in [1.165, 1.54) is 0 Å². The van der Waals surface area contributed by atoms with Gasteiger partial charge in [0.1, 0.15) is 12.1 Å². The molecule has 0 aliphatic carbocycles. The first-order valence-corrected chi connectivity index (χ1v) is 5.74. The molecule has 0 spiro atoms. The molecule has 17 heavy (non-hydrogen) atoms. The van der Waals surface area contributed by atoms with Crippen molar-refractivity contribution in [1.82, 2.24) is 9.97 Å². The van der Waals surface area contributed by atoms with Crippen LogP contribution in [0.25, 0.3) is 11.3 Å². The molecule has 1 aromatic heterocycles. The number of benzene rings is 1. The Bertz CT molecular complexity index is 524. The summed E-state index contributed by atoms with van der Waals surface area (Å²) in [6, 6.07) is 7.50. The van der Waals surface area contributed by atoms with Gasteiger partial charge in [-0.1, -0.05) is 38.1 Å². The maximum Gasteiger partial charge on any atom is 0.150 e. The summed E-state index contributed by atoms with van der Waals surface area (Å²) >= 11 is 0. The molecule has 3 nitrogen and oxygen atoms in total. The van der Waals surface area contributed by atoms with E-state index in [4.69, 9.17) is 0 Å². The Hall–Kier alpha value is -1.90. The van der Waals surface area contributed by atoms with Gasteiger partial charge in [-0.05, 0) is 12.8 Å². The molecule has 0 atom stereocenters. The van der Waals surface area contributed by atoms with Gasteiger partial charge in [-0.2, -0.15) is 0 Å². The zero-order valence-corrected chi connectivity index (χ0v) is 10.3. The van der Waals surface area contributed by atoms with E-state index < -0.39 is 0 Å². The first-order valence-electron chi connectivity index (χ1n) is 5.74. The largest absolute Gasteiger partial charge is 0.345 e. The van der Waals surface area contributed by atoms with Crippen molar-refractivity contribution in [1.29, 1.82) is 0 Å². The number of aldehydes is 1. The van der Waals surface area contributed by atoms with Crippen molar-refractivity contribution in [3.05, 3.63) is 41.3 Å². The number of aromatic amines is 1. The Morgan fingerprint density at radius 1 is 1.24 bits per heavy atom. The second-order valence-electron chi connectivity index (χ2n) is 4.48. The van der Waals surface area contributed by atoms with Gasteiger partial charge in [-0.25, -0.2) is 4.98 Å². The Morgan fingerprint density at radius 2 is 1.88 bits per heavy atom. The molecular weight excluding hydrogens is 212 g/mol. The normalized spacial score (nSPS) is 10.8. The van der Waals surface area contributed by atoms with Crippen LogP contribution in [0, 0.1) is 6.92 Å². The Balaban J connectivity index is 2.47. The van der Waals surface area contributed by atoms with E-state index in [-0.39, 0.29) is 0 Å². The third-order valence-corrected chi connectivity index (χ3v) is 2.75. The minimum atomic E-state index is 0.400. The summed E-state index contributed by atoms with van der Waals surface area (Å²) in [7, 11) is 0. The fourth-order valence-corrected chi connectivity index (χ4v) is 1.87. The van der Waals surface area contributed by atoms with Gasteiger partial charge in [0.05, 0.1) is 5.69 Å². The molecule has 0 radical (unpaired) electrons. The SMILES string of the molecule is Cc1nc(-c2ccc(C=O)cc2)c(C(C)C)[nH]1. The molecule has 0 bridgehead atoms. The van der Waals surface area contributed by atoms with Crippen LogP contribution >= 0.6 is 0 Å². The molecule has 1 aromatic carbocycles. The van der Waals surface area contributed by atoms with Crippen LogP contribution in [0.5, 0.6) is 0 Å². The summed E-state index contributed by atoms with van der Waals surface area (Å²) in [4.78, 5) is 18.4. The van der Waals surface area contributed by atoms with E-state index in [1.54, 1.807) is 0 Å². The topological polar surface area (TPSA) is 45.8 Å². The molecule has 1 N–H and O–H groups in total. The minimum absolute atomic E-state index is 0.400. The standard InChI is InChI=1S/C14H16N2O/c1-9(2)13-14(16-10(3)15-13)12-6-4-11(8-17)5-7-12/h4-9H,1-3H3,(H,15,16). The summed E-state index contributed by atoms with van der Waals surface area (Å²) < 4.78 is 0. The van der Waals surface area contributed by atoms with E-state index in [9.17, 15) is 4.79 Å². The molecule has 1 heterocycles. The van der Waals surface area contributed by atoms with Crippen molar-refractivity contribution in [3.8, 4) is 11.3 Å². The number of imidazole rings is 1. The molecule has 0 saturated heterocycles. The van der Waals surface area contributed by atoms with E-state index in [1.807, 2.05) is 31.2 Å². The highest BCUT2D eigenvalue weighted by Gasteiger charge is 2.13. The molecule has 0 aliphatic heterocycles. The molecule has 0 amide bonds. The maximum atomic E-state index is 10.6. The number of carbonyl (C=O) groups excluding carboxylic acids is 1. The van der Waals surface area contributed by atoms with Crippen LogP contribution in [0.4, 0.5) is 0 Å². The van der Waals surface area contributed by atoms with Gasteiger partial charge in [0.2, 0.25) is 0 Å². The summed E-state index contributed by atoms with van der Waals surface area (Å²) in [5, 5.41) is 0. The smallest absolute Gasteiger partial charge is 0.150 e. The number of hydrogen-bond donors (Lipinski definition) is 1. The fourth-order valence-electron chi connectivity index (χ4n) is 1.87. The molecular formula is C14H16N2O. The summed E-state index contributed by atoms with van der Waals surface area (Å²) in [5.74, 6) is 1.32. The quantitative estimate of drug-likeness (QED) is 0.819. The highest BCUT2D eigenvalue weighted by molar-refractivity contribution is 5.76. The lowest BCUT2D eigenvalue weighted by atomic mass is 10.0. The van der Waals surface area contributed by atoms with Crippen LogP contribution in [0.2, 0.25) is 0 Å². The first-order chi connectivity index (χ1) is 8.11. The zero-order valence-electron chi connectivity index (χ0n) is 10.3. The van der Waals surface area contributed by atoms with Crippen molar-refractivity contribution >= 4 is 6.29 Å². The van der Waals surface area contributed by atoms with Crippen LogP contribution in [0.3, 0.4) is 0 Å². The molecule has 2 aromatic rings. The monoisotopic (exact) mass is 228 g/mol. The summed E-state index contributed by atoms with van der Waals surface area (Å²) in [6.07, 6.45) is 0.850. The lowest BCUT2D eigenvalue weighted by Gasteiger charge is -2.05. The van der Waals surface area contributed by atoms with E-state index in [0.717, 1.165) is 29.1 Å². The molecule has 3 heteroatoms. The second kappa shape index (κ2) is 4.53. The Labute approximate surface area is 101 Å². The molecule has 0 aliphatic rings. The fraction of sp³-hybridized carbons (Fsp3) is 0.286. The van der Waals surface area contributed by atoms with Crippen molar-refractivity contribution in [2.75, 3.05) is 0 Å². The molecule has 0 fully saturated rings. The predicted octanol–water partition coefficient (Wildman–Crippen LogP) is 3.32. The van der Waals surface area contributed by atoms with Crippen LogP contribution < -0.4 is 0 Å². The van der Waals surface area contributed by atoms with E-state index >= 15 is 0 Å². The Kier molecular flexibility index (Phi) is 3.09. The average Bonchev–Trinajstić information content (AvgIpc) is 2.72. The number of aromatic nitrogens is 2. The second-order valence-corrected chi connectivity index (χ2v) is 4.48. The maximum absolute atomic E-state index is 10.6. The summed E-state index contributed by atoms with van der Waals surface area (Å²) in [6.45, 7) is 6.22. The zero-order chi connectivity index (χ0) is 12.4. The molecule has 88 valence electrons. The van der Waals surface area contributed by atoms with Crippen molar-refractivity contribution in [3.63, 3.8) is 0 Å². The van der Waals surface area contributed by atoms with E-state index in [2.05, 4.69) is 23.8 Å². The number of rotatable bonds is 3. The van der Waals surface area contributed by atoms with Crippen LogP contribution in [-0.2, 0) is 0 Å². The van der Waals surface area contributed by atoms with Gasteiger partial charge in [-0.3, -0.25) is 4.79 Å². The molecule has 0 unspecified atom stereocenters. The van der Waals surface area contributed by atoms with Crippen molar-refractivity contribution in [2.24, 2.45) is 0 Å². The highest BCUT2D eigenvalue weighted by atomic mass is 16.1. The lowest BCUT2D eigenvalue weighted by Crippen LogP contribution is -1.91. The van der Waals surface area contributed by atoms with Gasteiger partial charge in [-0.15, -0.1) is 0 Å². The number of aryl methyl sites for hydroxylation is 1. The first kappa shape index (κ1) is 11.6. The average molecular weight is 228 g/mol. The van der Waals surface area contributed by atoms with Crippen molar-refractivity contribution < 1.29 is 4.79 Å². The lowest BCUT2D eigenvalue weighted by molar-refractivity contribution is 0.112. The predicted molar refractivity (Wildman–Crippen MR) is 68.2 cm³/mol. The highest BCUT2D eigenvalue weighted by Crippen LogP contribution is 2.27. The van der Waals surface area contributed by atoms with Crippen LogP contribution in [0.15, 0.2) is 24.3 Å². The van der Waals surface area contributed by atoms with Gasteiger partial charge in [0, 0.05) is 16.8 Å². The Morgan fingerprint density at radius 3 is 2.41 bits per heavy atom. The number of nitrogens with one attached hydrogen (secondary N) is 1. The number of nitrogens with zero attached hydrogens (tertiary/aromatic N) is 1.